The minimum Gasteiger partial charge on any atom is -0.327 e. The van der Waals surface area contributed by atoms with Gasteiger partial charge in [0.15, 0.2) is 0 Å². The molecule has 1 aromatic rings. The smallest absolute Gasteiger partial charge is 0.0143 e. The van der Waals surface area contributed by atoms with Crippen LogP contribution in [0.3, 0.4) is 0 Å². The fraction of sp³-hybridized carbons (Fsp3) is 0.400. The monoisotopic (exact) mass is 183 g/mol. The fourth-order valence-electron chi connectivity index (χ4n) is 1.69. The van der Waals surface area contributed by atoms with Gasteiger partial charge in [-0.05, 0) is 11.5 Å². The van der Waals surface area contributed by atoms with Crippen molar-refractivity contribution < 1.29 is 0 Å². The molecule has 2 N–H and O–H groups in total. The molecule has 12 heavy (non-hydrogen) atoms. The van der Waals surface area contributed by atoms with Gasteiger partial charge in [-0.3, -0.25) is 0 Å². The van der Waals surface area contributed by atoms with E-state index in [4.69, 9.17) is 5.73 Å². The summed E-state index contributed by atoms with van der Waals surface area (Å²) in [5.41, 5.74) is 7.24. The zero-order valence-electron chi connectivity index (χ0n) is 7.10. The second-order valence-corrected chi connectivity index (χ2v) is 3.37. The van der Waals surface area contributed by atoms with Gasteiger partial charge in [-0.2, -0.15) is 0 Å². The minimum absolute atomic E-state index is 0. The lowest BCUT2D eigenvalue weighted by Gasteiger charge is -1.95. The molecular formula is C10H14ClN. The molecule has 0 aliphatic heterocycles. The van der Waals surface area contributed by atoms with Crippen LogP contribution < -0.4 is 5.73 Å². The van der Waals surface area contributed by atoms with E-state index >= 15 is 0 Å². The van der Waals surface area contributed by atoms with Gasteiger partial charge < -0.3 is 5.73 Å². The van der Waals surface area contributed by atoms with Crippen LogP contribution in [0.5, 0.6) is 0 Å². The van der Waals surface area contributed by atoms with Crippen LogP contribution in [0.2, 0.25) is 0 Å². The average molecular weight is 184 g/mol. The molecule has 1 nitrogen and oxygen atoms in total. The number of hydrogen-bond donors (Lipinski definition) is 1. The number of hydrogen-bond acceptors (Lipinski definition) is 1. The van der Waals surface area contributed by atoms with Gasteiger partial charge in [-0.15, -0.1) is 12.4 Å². The summed E-state index contributed by atoms with van der Waals surface area (Å²) in [5.74, 6) is 1.30. The van der Waals surface area contributed by atoms with Gasteiger partial charge in [0.2, 0.25) is 0 Å². The van der Waals surface area contributed by atoms with E-state index < -0.39 is 0 Å². The number of halogens is 1. The topological polar surface area (TPSA) is 26.0 Å². The van der Waals surface area contributed by atoms with Crippen molar-refractivity contribution in [2.75, 3.05) is 0 Å². The normalized spacial score (nSPS) is 32.3. The highest BCUT2D eigenvalue weighted by atomic mass is 35.5. The Morgan fingerprint density at radius 3 is 2.08 bits per heavy atom. The van der Waals surface area contributed by atoms with Crippen LogP contribution in [0, 0.1) is 5.92 Å². The second-order valence-electron chi connectivity index (χ2n) is 3.37. The standard InChI is InChI=1S/C10H13N.ClH/c1-7-9(10(7)11)8-5-3-2-4-6-8;/h2-7,9-10H,11H2,1H3;1H/t7-,9-,10-;/m1./s1. The first-order valence-electron chi connectivity index (χ1n) is 4.11. The summed E-state index contributed by atoms with van der Waals surface area (Å²) in [5, 5.41) is 0. The quantitative estimate of drug-likeness (QED) is 0.710. The van der Waals surface area contributed by atoms with Crippen molar-refractivity contribution >= 4 is 12.4 Å². The lowest BCUT2D eigenvalue weighted by Crippen LogP contribution is -2.02. The summed E-state index contributed by atoms with van der Waals surface area (Å²) in [6, 6.07) is 10.9. The van der Waals surface area contributed by atoms with Crippen LogP contribution in [0.4, 0.5) is 0 Å². The summed E-state index contributed by atoms with van der Waals surface area (Å²) >= 11 is 0. The SMILES string of the molecule is C[C@H]1[C@@H](N)[C@H]1c1ccccc1.Cl. The van der Waals surface area contributed by atoms with Gasteiger partial charge >= 0.3 is 0 Å². The summed E-state index contributed by atoms with van der Waals surface area (Å²) in [6.07, 6.45) is 0. The lowest BCUT2D eigenvalue weighted by molar-refractivity contribution is 0.885. The maximum Gasteiger partial charge on any atom is 0.0143 e. The van der Waals surface area contributed by atoms with E-state index in [0.717, 1.165) is 0 Å². The van der Waals surface area contributed by atoms with E-state index in [2.05, 4.69) is 31.2 Å². The van der Waals surface area contributed by atoms with Crippen LogP contribution in [0.25, 0.3) is 0 Å². The molecule has 0 bridgehead atoms. The van der Waals surface area contributed by atoms with Crippen molar-refractivity contribution in [3.63, 3.8) is 0 Å². The lowest BCUT2D eigenvalue weighted by atomic mass is 10.1. The Morgan fingerprint density at radius 2 is 1.67 bits per heavy atom. The third-order valence-electron chi connectivity index (χ3n) is 2.63. The van der Waals surface area contributed by atoms with E-state index in [1.54, 1.807) is 0 Å². The zero-order chi connectivity index (χ0) is 7.84. The maximum absolute atomic E-state index is 5.84. The van der Waals surface area contributed by atoms with Crippen molar-refractivity contribution in [3.05, 3.63) is 35.9 Å². The van der Waals surface area contributed by atoms with E-state index in [1.807, 2.05) is 6.07 Å². The Hall–Kier alpha value is -0.530. The predicted octanol–water partition coefficient (Wildman–Crippen LogP) is 2.17. The van der Waals surface area contributed by atoms with Crippen molar-refractivity contribution in [2.45, 2.75) is 18.9 Å². The molecule has 1 fully saturated rings. The van der Waals surface area contributed by atoms with Crippen LogP contribution in [-0.4, -0.2) is 6.04 Å². The Labute approximate surface area is 79.4 Å². The molecule has 0 radical (unpaired) electrons. The van der Waals surface area contributed by atoms with Crippen molar-refractivity contribution in [3.8, 4) is 0 Å². The van der Waals surface area contributed by atoms with Crippen LogP contribution in [0.1, 0.15) is 18.4 Å². The number of benzene rings is 1. The van der Waals surface area contributed by atoms with Crippen molar-refractivity contribution in [1.82, 2.24) is 0 Å². The van der Waals surface area contributed by atoms with Crippen LogP contribution in [0.15, 0.2) is 30.3 Å². The molecule has 3 atom stereocenters. The molecule has 0 amide bonds. The van der Waals surface area contributed by atoms with Crippen molar-refractivity contribution in [1.29, 1.82) is 0 Å². The Balaban J connectivity index is 0.000000720. The van der Waals surface area contributed by atoms with E-state index in [0.29, 0.717) is 17.9 Å². The largest absolute Gasteiger partial charge is 0.327 e. The Bertz CT molecular complexity index is 239. The van der Waals surface area contributed by atoms with Crippen molar-refractivity contribution in [2.24, 2.45) is 11.7 Å². The van der Waals surface area contributed by atoms with Gasteiger partial charge in [0.05, 0.1) is 0 Å². The Kier molecular flexibility index (Phi) is 2.76. The highest BCUT2D eigenvalue weighted by Gasteiger charge is 2.44. The predicted molar refractivity (Wildman–Crippen MR) is 53.6 cm³/mol. The molecule has 0 heterocycles. The average Bonchev–Trinajstić information content (AvgIpc) is 2.62. The molecule has 66 valence electrons. The van der Waals surface area contributed by atoms with E-state index in [9.17, 15) is 0 Å². The first kappa shape index (κ1) is 9.56. The van der Waals surface area contributed by atoms with Gasteiger partial charge in [0.25, 0.3) is 0 Å². The Morgan fingerprint density at radius 1 is 1.17 bits per heavy atom. The van der Waals surface area contributed by atoms with E-state index in [1.165, 1.54) is 5.56 Å². The fourth-order valence-corrected chi connectivity index (χ4v) is 1.69. The molecule has 0 saturated heterocycles. The number of nitrogens with two attached hydrogens (primary N) is 1. The molecular weight excluding hydrogens is 170 g/mol. The number of rotatable bonds is 1. The second kappa shape index (κ2) is 3.46. The van der Waals surface area contributed by atoms with Gasteiger partial charge in [-0.1, -0.05) is 37.3 Å². The highest BCUT2D eigenvalue weighted by Crippen LogP contribution is 2.45. The van der Waals surface area contributed by atoms with Crippen LogP contribution in [-0.2, 0) is 0 Å². The molecule has 1 aliphatic rings. The first-order chi connectivity index (χ1) is 5.30. The van der Waals surface area contributed by atoms with Crippen LogP contribution >= 0.6 is 12.4 Å². The molecule has 0 aromatic heterocycles. The molecule has 0 unspecified atom stereocenters. The maximum atomic E-state index is 5.84. The highest BCUT2D eigenvalue weighted by molar-refractivity contribution is 5.85. The minimum atomic E-state index is 0. The molecule has 2 rings (SSSR count). The van der Waals surface area contributed by atoms with Gasteiger partial charge in [0.1, 0.15) is 0 Å². The zero-order valence-corrected chi connectivity index (χ0v) is 7.92. The molecule has 1 aliphatic carbocycles. The molecule has 1 saturated carbocycles. The summed E-state index contributed by atoms with van der Waals surface area (Å²) in [4.78, 5) is 0. The van der Waals surface area contributed by atoms with Gasteiger partial charge in [0, 0.05) is 12.0 Å². The molecule has 1 aromatic carbocycles. The molecule has 0 spiro atoms. The summed E-state index contributed by atoms with van der Waals surface area (Å²) in [7, 11) is 0. The third kappa shape index (κ3) is 1.47. The summed E-state index contributed by atoms with van der Waals surface area (Å²) in [6.45, 7) is 2.21. The third-order valence-corrected chi connectivity index (χ3v) is 2.63. The first-order valence-corrected chi connectivity index (χ1v) is 4.11. The van der Waals surface area contributed by atoms with Gasteiger partial charge in [-0.25, -0.2) is 0 Å². The summed E-state index contributed by atoms with van der Waals surface area (Å²) < 4.78 is 0. The molecule has 2 heteroatoms. The van der Waals surface area contributed by atoms with E-state index in [-0.39, 0.29) is 12.4 Å².